The van der Waals surface area contributed by atoms with Gasteiger partial charge in [-0.15, -0.1) is 10.2 Å². The average molecular weight is 371 g/mol. The number of hydrogen-bond donors (Lipinski definition) is 1. The number of morpholine rings is 1. The third kappa shape index (κ3) is 3.72. The monoisotopic (exact) mass is 371 g/mol. The molecule has 1 atom stereocenters. The van der Waals surface area contributed by atoms with Crippen LogP contribution in [0.4, 0.5) is 23.4 Å². The number of alkyl halides is 4. The second-order valence-electron chi connectivity index (χ2n) is 6.05. The molecule has 0 amide bonds. The Bertz CT molecular complexity index is 758. The Kier molecular flexibility index (Phi) is 4.99. The van der Waals surface area contributed by atoms with E-state index in [2.05, 4.69) is 10.2 Å². The lowest BCUT2D eigenvalue weighted by Crippen LogP contribution is -2.43. The molecule has 1 saturated heterocycles. The summed E-state index contributed by atoms with van der Waals surface area (Å²) >= 11 is 0. The fourth-order valence-corrected chi connectivity index (χ4v) is 2.91. The minimum absolute atomic E-state index is 0.195. The zero-order chi connectivity index (χ0) is 18.9. The van der Waals surface area contributed by atoms with Gasteiger partial charge in [0.05, 0.1) is 17.9 Å². The van der Waals surface area contributed by atoms with Gasteiger partial charge in [0.2, 0.25) is 0 Å². The second-order valence-corrected chi connectivity index (χ2v) is 6.05. The van der Waals surface area contributed by atoms with Crippen molar-refractivity contribution >= 4 is 5.82 Å². The number of phenolic OH excluding ortho intramolecular Hbond substituents is 1. The Hall–Kier alpha value is -2.42. The molecule has 1 aromatic carbocycles. The van der Waals surface area contributed by atoms with Crippen LogP contribution in [0.5, 0.6) is 5.75 Å². The largest absolute Gasteiger partial charge is 0.507 e. The maximum Gasteiger partial charge on any atom is 0.416 e. The molecule has 0 spiro atoms. The molecule has 1 N–H and O–H groups in total. The molecule has 2 aromatic rings. The maximum atomic E-state index is 12.8. The summed E-state index contributed by atoms with van der Waals surface area (Å²) in [6, 6.07) is 4.83. The van der Waals surface area contributed by atoms with E-state index in [4.69, 9.17) is 4.74 Å². The van der Waals surface area contributed by atoms with Gasteiger partial charge in [0.1, 0.15) is 18.5 Å². The molecule has 9 heteroatoms. The van der Waals surface area contributed by atoms with Crippen molar-refractivity contribution in [3.63, 3.8) is 0 Å². The highest BCUT2D eigenvalue weighted by molar-refractivity contribution is 5.71. The molecule has 0 radical (unpaired) electrons. The molecule has 2 heterocycles. The van der Waals surface area contributed by atoms with E-state index < -0.39 is 30.3 Å². The van der Waals surface area contributed by atoms with E-state index in [1.165, 1.54) is 6.92 Å². The van der Waals surface area contributed by atoms with Crippen LogP contribution in [0.3, 0.4) is 0 Å². The summed E-state index contributed by atoms with van der Waals surface area (Å²) in [6.07, 6.45) is -5.06. The Morgan fingerprint density at radius 1 is 1.27 bits per heavy atom. The molecule has 1 unspecified atom stereocenters. The Balaban J connectivity index is 1.87. The van der Waals surface area contributed by atoms with Gasteiger partial charge < -0.3 is 14.7 Å². The highest BCUT2D eigenvalue weighted by atomic mass is 19.4. The SMILES string of the molecule is Cc1cc(C(F)(F)F)cc(O)c1-c1ccc(N2CCOC(CF)C2)nn1. The fourth-order valence-electron chi connectivity index (χ4n) is 2.91. The summed E-state index contributed by atoms with van der Waals surface area (Å²) in [6.45, 7) is 2.12. The third-order valence-electron chi connectivity index (χ3n) is 4.18. The third-order valence-corrected chi connectivity index (χ3v) is 4.18. The summed E-state index contributed by atoms with van der Waals surface area (Å²) in [7, 11) is 0. The summed E-state index contributed by atoms with van der Waals surface area (Å²) in [5, 5.41) is 18.1. The van der Waals surface area contributed by atoms with Crippen LogP contribution in [0.2, 0.25) is 0 Å². The van der Waals surface area contributed by atoms with E-state index in [1.807, 2.05) is 4.90 Å². The predicted octanol–water partition coefficient (Wildman–Crippen LogP) is 3.35. The van der Waals surface area contributed by atoms with E-state index in [-0.39, 0.29) is 16.8 Å². The predicted molar refractivity (Wildman–Crippen MR) is 86.8 cm³/mol. The standard InChI is InChI=1S/C17H17F4N3O2/c1-10-6-11(17(19,20)21)7-14(25)16(10)13-2-3-15(23-22-13)24-4-5-26-12(8-18)9-24/h2-3,6-7,12,25H,4-5,8-9H2,1H3. The number of phenols is 1. The van der Waals surface area contributed by atoms with Crippen molar-refractivity contribution in [3.05, 3.63) is 35.4 Å². The van der Waals surface area contributed by atoms with Crippen molar-refractivity contribution < 1.29 is 27.4 Å². The molecule has 1 fully saturated rings. The van der Waals surface area contributed by atoms with Gasteiger partial charge in [-0.25, -0.2) is 4.39 Å². The van der Waals surface area contributed by atoms with E-state index in [9.17, 15) is 22.7 Å². The van der Waals surface area contributed by atoms with E-state index >= 15 is 0 Å². The van der Waals surface area contributed by atoms with Crippen LogP contribution in [0, 0.1) is 6.92 Å². The number of rotatable bonds is 3. The Morgan fingerprint density at radius 2 is 2.04 bits per heavy atom. The molecule has 1 aliphatic rings. The number of ether oxygens (including phenoxy) is 1. The number of nitrogens with zero attached hydrogens (tertiary/aromatic N) is 3. The van der Waals surface area contributed by atoms with Gasteiger partial charge in [0, 0.05) is 18.7 Å². The minimum Gasteiger partial charge on any atom is -0.507 e. The molecule has 140 valence electrons. The first-order valence-corrected chi connectivity index (χ1v) is 7.97. The molecule has 26 heavy (non-hydrogen) atoms. The first kappa shape index (κ1) is 18.4. The van der Waals surface area contributed by atoms with Crippen LogP contribution in [0.1, 0.15) is 11.1 Å². The molecular weight excluding hydrogens is 354 g/mol. The molecule has 0 bridgehead atoms. The molecule has 0 saturated carbocycles. The van der Waals surface area contributed by atoms with E-state index in [1.54, 1.807) is 12.1 Å². The number of aryl methyl sites for hydroxylation is 1. The second kappa shape index (κ2) is 7.06. The van der Waals surface area contributed by atoms with Crippen molar-refractivity contribution in [2.24, 2.45) is 0 Å². The fraction of sp³-hybridized carbons (Fsp3) is 0.412. The molecule has 1 aromatic heterocycles. The quantitative estimate of drug-likeness (QED) is 0.839. The number of anilines is 1. The first-order valence-electron chi connectivity index (χ1n) is 7.97. The van der Waals surface area contributed by atoms with E-state index in [0.29, 0.717) is 31.6 Å². The first-order chi connectivity index (χ1) is 12.3. The summed E-state index contributed by atoms with van der Waals surface area (Å²) < 4.78 is 56.5. The van der Waals surface area contributed by atoms with Crippen LogP contribution in [-0.2, 0) is 10.9 Å². The van der Waals surface area contributed by atoms with Gasteiger partial charge in [0.15, 0.2) is 5.82 Å². The van der Waals surface area contributed by atoms with Crippen LogP contribution >= 0.6 is 0 Å². The topological polar surface area (TPSA) is 58.5 Å². The zero-order valence-electron chi connectivity index (χ0n) is 13.9. The maximum absolute atomic E-state index is 12.8. The van der Waals surface area contributed by atoms with Gasteiger partial charge in [-0.2, -0.15) is 13.2 Å². The molecule has 5 nitrogen and oxygen atoms in total. The van der Waals surface area contributed by atoms with Gasteiger partial charge in [-0.1, -0.05) is 0 Å². The van der Waals surface area contributed by atoms with Gasteiger partial charge >= 0.3 is 6.18 Å². The Labute approximate surface area is 147 Å². The molecule has 1 aliphatic heterocycles. The summed E-state index contributed by atoms with van der Waals surface area (Å²) in [4.78, 5) is 1.82. The highest BCUT2D eigenvalue weighted by Crippen LogP contribution is 2.38. The summed E-state index contributed by atoms with van der Waals surface area (Å²) in [5.41, 5.74) is -0.233. The van der Waals surface area contributed by atoms with Crippen LogP contribution in [-0.4, -0.2) is 47.8 Å². The van der Waals surface area contributed by atoms with Crippen molar-refractivity contribution in [1.82, 2.24) is 10.2 Å². The highest BCUT2D eigenvalue weighted by Gasteiger charge is 2.32. The molecule has 0 aliphatic carbocycles. The normalized spacial score (nSPS) is 18.2. The van der Waals surface area contributed by atoms with Gasteiger partial charge in [0.25, 0.3) is 0 Å². The number of aromatic nitrogens is 2. The van der Waals surface area contributed by atoms with Crippen molar-refractivity contribution in [3.8, 4) is 17.0 Å². The lowest BCUT2D eigenvalue weighted by Gasteiger charge is -2.32. The average Bonchev–Trinajstić information content (AvgIpc) is 2.61. The minimum atomic E-state index is -4.54. The smallest absolute Gasteiger partial charge is 0.416 e. The number of benzene rings is 1. The Morgan fingerprint density at radius 3 is 2.62 bits per heavy atom. The molecular formula is C17H17F4N3O2. The van der Waals surface area contributed by atoms with Crippen molar-refractivity contribution in [2.75, 3.05) is 31.3 Å². The lowest BCUT2D eigenvalue weighted by molar-refractivity contribution is -0.137. The van der Waals surface area contributed by atoms with Crippen LogP contribution in [0.25, 0.3) is 11.3 Å². The van der Waals surface area contributed by atoms with Crippen molar-refractivity contribution in [1.29, 1.82) is 0 Å². The van der Waals surface area contributed by atoms with Crippen LogP contribution in [0.15, 0.2) is 24.3 Å². The van der Waals surface area contributed by atoms with Crippen molar-refractivity contribution in [2.45, 2.75) is 19.2 Å². The number of aromatic hydroxyl groups is 1. The zero-order valence-corrected chi connectivity index (χ0v) is 13.9. The van der Waals surface area contributed by atoms with Gasteiger partial charge in [-0.05, 0) is 36.8 Å². The number of hydrogen-bond acceptors (Lipinski definition) is 5. The molecule has 3 rings (SSSR count). The van der Waals surface area contributed by atoms with Crippen LogP contribution < -0.4 is 4.90 Å². The van der Waals surface area contributed by atoms with E-state index in [0.717, 1.165) is 6.07 Å². The number of halogens is 4. The lowest BCUT2D eigenvalue weighted by atomic mass is 10.0. The summed E-state index contributed by atoms with van der Waals surface area (Å²) in [5.74, 6) is 0.00259. The van der Waals surface area contributed by atoms with Gasteiger partial charge in [-0.3, -0.25) is 0 Å².